The molecule has 0 spiro atoms. The maximum absolute atomic E-state index is 12.3. The van der Waals surface area contributed by atoms with Gasteiger partial charge in [0, 0.05) is 12.1 Å². The predicted octanol–water partition coefficient (Wildman–Crippen LogP) is 4.01. The van der Waals surface area contributed by atoms with E-state index < -0.39 is 22.9 Å². The van der Waals surface area contributed by atoms with Crippen molar-refractivity contribution in [1.82, 2.24) is 0 Å². The van der Waals surface area contributed by atoms with E-state index in [2.05, 4.69) is 10.6 Å². The van der Waals surface area contributed by atoms with Crippen molar-refractivity contribution in [2.45, 2.75) is 31.9 Å². The molecule has 3 rings (SSSR count). The first-order valence-electron chi connectivity index (χ1n) is 8.66. The second kappa shape index (κ2) is 8.26. The highest BCUT2D eigenvalue weighted by atomic mass is 35.5. The van der Waals surface area contributed by atoms with Crippen molar-refractivity contribution in [3.05, 3.63) is 63.2 Å². The lowest BCUT2D eigenvalue weighted by molar-refractivity contribution is -0.384. The van der Waals surface area contributed by atoms with Crippen molar-refractivity contribution in [3.8, 4) is 0 Å². The van der Waals surface area contributed by atoms with Gasteiger partial charge in [-0.15, -0.1) is 0 Å². The van der Waals surface area contributed by atoms with Crippen LogP contribution in [0.3, 0.4) is 0 Å². The van der Waals surface area contributed by atoms with Crippen molar-refractivity contribution in [2.75, 3.05) is 10.6 Å². The van der Waals surface area contributed by atoms with Crippen LogP contribution >= 0.6 is 11.6 Å². The number of carbonyl (C=O) groups is 2. The van der Waals surface area contributed by atoms with Crippen LogP contribution in [0, 0.1) is 10.1 Å². The normalized spacial score (nSPS) is 14.1. The number of nitrogens with zero attached hydrogens (tertiary/aromatic N) is 1. The van der Waals surface area contributed by atoms with Gasteiger partial charge in [0.15, 0.2) is 6.10 Å². The Kier molecular flexibility index (Phi) is 5.79. The van der Waals surface area contributed by atoms with Crippen LogP contribution in [-0.4, -0.2) is 28.9 Å². The maximum atomic E-state index is 12.3. The van der Waals surface area contributed by atoms with Crippen molar-refractivity contribution >= 4 is 40.5 Å². The van der Waals surface area contributed by atoms with Crippen LogP contribution in [0.4, 0.5) is 17.1 Å². The first-order valence-corrected chi connectivity index (χ1v) is 9.04. The fraction of sp³-hybridized carbons (Fsp3) is 0.263. The monoisotopic (exact) mass is 403 g/mol. The molecule has 28 heavy (non-hydrogen) atoms. The number of anilines is 2. The first-order chi connectivity index (χ1) is 13.3. The number of para-hydroxylation sites is 1. The zero-order valence-corrected chi connectivity index (χ0v) is 15.7. The van der Waals surface area contributed by atoms with Gasteiger partial charge in [-0.2, -0.15) is 0 Å². The molecule has 1 aliphatic carbocycles. The van der Waals surface area contributed by atoms with E-state index in [0.29, 0.717) is 16.4 Å². The van der Waals surface area contributed by atoms with Gasteiger partial charge in [0.25, 0.3) is 11.6 Å². The molecule has 1 saturated carbocycles. The predicted molar refractivity (Wildman–Crippen MR) is 105 cm³/mol. The fourth-order valence-electron chi connectivity index (χ4n) is 2.46. The number of ether oxygens (including phenoxy) is 1. The van der Waals surface area contributed by atoms with Crippen LogP contribution in [0.1, 0.15) is 30.1 Å². The number of nitro benzene ring substituents is 1. The van der Waals surface area contributed by atoms with Crippen LogP contribution in [0.25, 0.3) is 0 Å². The van der Waals surface area contributed by atoms with Crippen molar-refractivity contribution in [2.24, 2.45) is 0 Å². The highest BCUT2D eigenvalue weighted by Crippen LogP contribution is 2.31. The Bertz CT molecular complexity index is 930. The topological polar surface area (TPSA) is 111 Å². The lowest BCUT2D eigenvalue weighted by Crippen LogP contribution is -2.30. The fourth-order valence-corrected chi connectivity index (χ4v) is 2.64. The molecule has 1 atom stereocenters. The average Bonchev–Trinajstić information content (AvgIpc) is 3.47. The summed E-state index contributed by atoms with van der Waals surface area (Å²) < 4.78 is 5.14. The van der Waals surface area contributed by atoms with Gasteiger partial charge in [-0.1, -0.05) is 23.7 Å². The Morgan fingerprint density at radius 1 is 1.21 bits per heavy atom. The zero-order valence-electron chi connectivity index (χ0n) is 15.0. The standard InChI is InChI=1S/C19H18ClN3O5/c1-11(18(24)22-15-5-3-2-4-14(15)20)28-19(25)12-6-9-16(21-13-7-8-13)17(10-12)23(26)27/h2-6,9-11,13,21H,7-8H2,1H3,(H,22,24)/t11-/m1/s1. The molecule has 9 heteroatoms. The van der Waals surface area contributed by atoms with Gasteiger partial charge in [-0.3, -0.25) is 14.9 Å². The average molecular weight is 404 g/mol. The summed E-state index contributed by atoms with van der Waals surface area (Å²) in [5, 5.41) is 17.3. The van der Waals surface area contributed by atoms with E-state index in [1.165, 1.54) is 19.1 Å². The number of hydrogen-bond donors (Lipinski definition) is 2. The van der Waals surface area contributed by atoms with E-state index in [9.17, 15) is 19.7 Å². The lowest BCUT2D eigenvalue weighted by atomic mass is 10.1. The van der Waals surface area contributed by atoms with Gasteiger partial charge in [-0.25, -0.2) is 4.79 Å². The van der Waals surface area contributed by atoms with E-state index in [4.69, 9.17) is 16.3 Å². The summed E-state index contributed by atoms with van der Waals surface area (Å²) in [4.78, 5) is 35.3. The molecule has 0 aliphatic heterocycles. The van der Waals surface area contributed by atoms with E-state index in [0.717, 1.165) is 18.9 Å². The molecular weight excluding hydrogens is 386 g/mol. The molecule has 0 radical (unpaired) electrons. The molecule has 0 saturated heterocycles. The number of benzene rings is 2. The summed E-state index contributed by atoms with van der Waals surface area (Å²) in [5.74, 6) is -1.40. The molecule has 2 N–H and O–H groups in total. The number of carbonyl (C=O) groups excluding carboxylic acids is 2. The molecule has 1 fully saturated rings. The van der Waals surface area contributed by atoms with Crippen molar-refractivity contribution in [1.29, 1.82) is 0 Å². The second-order valence-electron chi connectivity index (χ2n) is 6.42. The van der Waals surface area contributed by atoms with Crippen LogP contribution < -0.4 is 10.6 Å². The smallest absolute Gasteiger partial charge is 0.339 e. The Labute approximate surface area is 166 Å². The van der Waals surface area contributed by atoms with Crippen LogP contribution in [0.5, 0.6) is 0 Å². The van der Waals surface area contributed by atoms with E-state index in [1.54, 1.807) is 24.3 Å². The third kappa shape index (κ3) is 4.77. The first kappa shape index (κ1) is 19.6. The Morgan fingerprint density at radius 3 is 2.57 bits per heavy atom. The summed E-state index contributed by atoms with van der Waals surface area (Å²) in [7, 11) is 0. The third-order valence-electron chi connectivity index (χ3n) is 4.15. The minimum atomic E-state index is -1.12. The summed E-state index contributed by atoms with van der Waals surface area (Å²) in [6.45, 7) is 1.40. The number of nitro groups is 1. The van der Waals surface area contributed by atoms with Gasteiger partial charge in [0.1, 0.15) is 5.69 Å². The van der Waals surface area contributed by atoms with Crippen molar-refractivity contribution < 1.29 is 19.2 Å². The largest absolute Gasteiger partial charge is 0.449 e. The second-order valence-corrected chi connectivity index (χ2v) is 6.83. The minimum Gasteiger partial charge on any atom is -0.449 e. The Morgan fingerprint density at radius 2 is 1.93 bits per heavy atom. The molecule has 8 nitrogen and oxygen atoms in total. The van der Waals surface area contributed by atoms with Gasteiger partial charge >= 0.3 is 5.97 Å². The highest BCUT2D eigenvalue weighted by molar-refractivity contribution is 6.33. The molecule has 0 unspecified atom stereocenters. The SMILES string of the molecule is C[C@@H](OC(=O)c1ccc(NC2CC2)c([N+](=O)[O-])c1)C(=O)Nc1ccccc1Cl. The molecule has 0 aromatic heterocycles. The van der Waals surface area contributed by atoms with Crippen LogP contribution in [0.15, 0.2) is 42.5 Å². The third-order valence-corrected chi connectivity index (χ3v) is 4.48. The quantitative estimate of drug-likeness (QED) is 0.410. The van der Waals surface area contributed by atoms with E-state index in [-0.39, 0.29) is 17.3 Å². The summed E-state index contributed by atoms with van der Waals surface area (Å²) >= 11 is 5.98. The summed E-state index contributed by atoms with van der Waals surface area (Å²) in [6.07, 6.45) is 0.796. The van der Waals surface area contributed by atoms with Gasteiger partial charge in [-0.05, 0) is 44.0 Å². The number of esters is 1. The van der Waals surface area contributed by atoms with Crippen molar-refractivity contribution in [3.63, 3.8) is 0 Å². The summed E-state index contributed by atoms with van der Waals surface area (Å²) in [5.41, 5.74) is 0.525. The molecule has 1 amide bonds. The number of nitrogens with one attached hydrogen (secondary N) is 2. The molecule has 1 aliphatic rings. The van der Waals surface area contributed by atoms with Crippen LogP contribution in [0.2, 0.25) is 5.02 Å². The Balaban J connectivity index is 1.67. The molecule has 146 valence electrons. The van der Waals surface area contributed by atoms with Gasteiger partial charge < -0.3 is 15.4 Å². The van der Waals surface area contributed by atoms with E-state index >= 15 is 0 Å². The molecular formula is C19H18ClN3O5. The number of halogens is 1. The van der Waals surface area contributed by atoms with Crippen LogP contribution in [-0.2, 0) is 9.53 Å². The molecule has 0 heterocycles. The molecule has 2 aromatic rings. The van der Waals surface area contributed by atoms with E-state index in [1.807, 2.05) is 0 Å². The Hall–Kier alpha value is -3.13. The number of hydrogen-bond acceptors (Lipinski definition) is 6. The number of amides is 1. The molecule has 2 aromatic carbocycles. The van der Waals surface area contributed by atoms with Gasteiger partial charge in [0.2, 0.25) is 0 Å². The molecule has 0 bridgehead atoms. The maximum Gasteiger partial charge on any atom is 0.339 e. The zero-order chi connectivity index (χ0) is 20.3. The highest BCUT2D eigenvalue weighted by Gasteiger charge is 2.26. The lowest BCUT2D eigenvalue weighted by Gasteiger charge is -2.14. The summed E-state index contributed by atoms with van der Waals surface area (Å²) in [6, 6.07) is 10.9. The van der Waals surface area contributed by atoms with Gasteiger partial charge in [0.05, 0.1) is 21.2 Å². The minimum absolute atomic E-state index is 0.00885. The number of rotatable bonds is 7.